The highest BCUT2D eigenvalue weighted by Gasteiger charge is 2.23. The molecule has 0 atom stereocenters. The lowest BCUT2D eigenvalue weighted by atomic mass is 9.99. The summed E-state index contributed by atoms with van der Waals surface area (Å²) in [7, 11) is 0. The first kappa shape index (κ1) is 20.5. The number of hydrogen-bond donors (Lipinski definition) is 0. The van der Waals surface area contributed by atoms with Crippen LogP contribution in [0.1, 0.15) is 41.3 Å². The molecule has 1 aromatic heterocycles. The van der Waals surface area contributed by atoms with Crippen LogP contribution >= 0.6 is 0 Å². The van der Waals surface area contributed by atoms with E-state index in [1.165, 1.54) is 11.1 Å². The van der Waals surface area contributed by atoms with Crippen LogP contribution < -0.4 is 9.64 Å². The molecule has 2 aliphatic rings. The number of fused-ring (bicyclic) bond motifs is 1. The zero-order valence-electron chi connectivity index (χ0n) is 18.4. The second-order valence-corrected chi connectivity index (χ2v) is 8.73. The summed E-state index contributed by atoms with van der Waals surface area (Å²) >= 11 is 0. The van der Waals surface area contributed by atoms with Gasteiger partial charge in [0.2, 0.25) is 0 Å². The van der Waals surface area contributed by atoms with Crippen molar-refractivity contribution in [1.82, 2.24) is 14.9 Å². The number of rotatable bonds is 4. The van der Waals surface area contributed by atoms with E-state index in [0.29, 0.717) is 23.7 Å². The predicted octanol–water partition coefficient (Wildman–Crippen LogP) is 4.70. The van der Waals surface area contributed by atoms with E-state index in [1.807, 2.05) is 35.2 Å². The first-order chi connectivity index (χ1) is 15.7. The van der Waals surface area contributed by atoms with Gasteiger partial charge in [-0.15, -0.1) is 0 Å². The van der Waals surface area contributed by atoms with Gasteiger partial charge in [0.25, 0.3) is 11.8 Å². The van der Waals surface area contributed by atoms with Gasteiger partial charge < -0.3 is 14.5 Å². The molecule has 2 aliphatic heterocycles. The highest BCUT2D eigenvalue weighted by atomic mass is 16.5. The topological polar surface area (TPSA) is 58.6 Å². The molecule has 3 aromatic rings. The Morgan fingerprint density at radius 2 is 1.66 bits per heavy atom. The van der Waals surface area contributed by atoms with Crippen molar-refractivity contribution in [3.05, 3.63) is 77.6 Å². The maximum atomic E-state index is 13.0. The Hall–Kier alpha value is -3.41. The predicted molar refractivity (Wildman–Crippen MR) is 124 cm³/mol. The molecule has 1 fully saturated rings. The average molecular weight is 429 g/mol. The minimum absolute atomic E-state index is 0.0497. The van der Waals surface area contributed by atoms with Crippen LogP contribution in [-0.4, -0.2) is 40.4 Å². The number of anilines is 1. The summed E-state index contributed by atoms with van der Waals surface area (Å²) in [4.78, 5) is 26.1. The molecule has 0 spiro atoms. The SMILES string of the molecule is CC1CCN(c2nccnc2Oc2ccc(C(=O)N3CCc4ccccc4C3)cc2)CC1. The molecule has 164 valence electrons. The Kier molecular flexibility index (Phi) is 5.75. The molecule has 0 unspecified atom stereocenters. The van der Waals surface area contributed by atoms with Crippen molar-refractivity contribution < 1.29 is 9.53 Å². The fraction of sp³-hybridized carbons (Fsp3) is 0.346. The molecule has 6 nitrogen and oxygen atoms in total. The maximum absolute atomic E-state index is 13.0. The minimum Gasteiger partial charge on any atom is -0.436 e. The van der Waals surface area contributed by atoms with Crippen LogP contribution in [0.3, 0.4) is 0 Å². The maximum Gasteiger partial charge on any atom is 0.263 e. The molecule has 2 aromatic carbocycles. The zero-order valence-corrected chi connectivity index (χ0v) is 18.4. The second-order valence-electron chi connectivity index (χ2n) is 8.73. The number of hydrogen-bond acceptors (Lipinski definition) is 5. The lowest BCUT2D eigenvalue weighted by Gasteiger charge is -2.31. The number of carbonyl (C=O) groups is 1. The summed E-state index contributed by atoms with van der Waals surface area (Å²) in [6, 6.07) is 15.7. The number of aromatic nitrogens is 2. The Morgan fingerprint density at radius 3 is 2.44 bits per heavy atom. The molecule has 1 saturated heterocycles. The number of benzene rings is 2. The van der Waals surface area contributed by atoms with Gasteiger partial charge in [-0.05, 0) is 60.6 Å². The quantitative estimate of drug-likeness (QED) is 0.603. The number of ether oxygens (including phenoxy) is 1. The molecule has 0 bridgehead atoms. The van der Waals surface area contributed by atoms with E-state index < -0.39 is 0 Å². The second kappa shape index (κ2) is 8.99. The molecule has 32 heavy (non-hydrogen) atoms. The van der Waals surface area contributed by atoms with Gasteiger partial charge in [-0.25, -0.2) is 9.97 Å². The Morgan fingerprint density at radius 1 is 0.938 bits per heavy atom. The van der Waals surface area contributed by atoms with E-state index in [2.05, 4.69) is 40.0 Å². The molecular weight excluding hydrogens is 400 g/mol. The Labute approximate surface area is 188 Å². The lowest BCUT2D eigenvalue weighted by Crippen LogP contribution is -2.35. The number of carbonyl (C=O) groups excluding carboxylic acids is 1. The molecule has 1 amide bonds. The molecule has 0 radical (unpaired) electrons. The van der Waals surface area contributed by atoms with Crippen molar-refractivity contribution in [2.45, 2.75) is 32.7 Å². The van der Waals surface area contributed by atoms with E-state index in [9.17, 15) is 4.79 Å². The van der Waals surface area contributed by atoms with Gasteiger partial charge >= 0.3 is 0 Å². The Balaban J connectivity index is 1.27. The molecule has 0 aliphatic carbocycles. The minimum atomic E-state index is 0.0497. The molecule has 3 heterocycles. The van der Waals surface area contributed by atoms with Crippen LogP contribution in [0.25, 0.3) is 0 Å². The number of amides is 1. The van der Waals surface area contributed by atoms with Gasteiger partial charge in [0.05, 0.1) is 0 Å². The van der Waals surface area contributed by atoms with Crippen molar-refractivity contribution in [3.8, 4) is 11.6 Å². The molecule has 5 rings (SSSR count). The lowest BCUT2D eigenvalue weighted by molar-refractivity contribution is 0.0734. The van der Waals surface area contributed by atoms with Crippen molar-refractivity contribution in [3.63, 3.8) is 0 Å². The highest BCUT2D eigenvalue weighted by molar-refractivity contribution is 5.94. The van der Waals surface area contributed by atoms with Gasteiger partial charge in [-0.1, -0.05) is 31.2 Å². The molecule has 0 N–H and O–H groups in total. The highest BCUT2D eigenvalue weighted by Crippen LogP contribution is 2.31. The molecule has 0 saturated carbocycles. The van der Waals surface area contributed by atoms with Gasteiger partial charge in [-0.3, -0.25) is 4.79 Å². The first-order valence-electron chi connectivity index (χ1n) is 11.4. The molecule has 6 heteroatoms. The van der Waals surface area contributed by atoms with E-state index in [0.717, 1.165) is 50.6 Å². The van der Waals surface area contributed by atoms with Crippen LogP contribution in [0.15, 0.2) is 60.9 Å². The standard InChI is InChI=1S/C26H28N4O2/c1-19-10-15-29(16-11-19)24-25(28-14-13-27-24)32-23-8-6-21(7-9-23)26(31)30-17-12-20-4-2-3-5-22(20)18-30/h2-9,13-14,19H,10-12,15-18H2,1H3. The van der Waals surface area contributed by atoms with Crippen LogP contribution in [0, 0.1) is 5.92 Å². The van der Waals surface area contributed by atoms with Crippen LogP contribution in [0.5, 0.6) is 11.6 Å². The number of nitrogens with zero attached hydrogens (tertiary/aromatic N) is 4. The van der Waals surface area contributed by atoms with E-state index in [4.69, 9.17) is 4.74 Å². The smallest absolute Gasteiger partial charge is 0.263 e. The largest absolute Gasteiger partial charge is 0.436 e. The average Bonchev–Trinajstić information content (AvgIpc) is 2.85. The summed E-state index contributed by atoms with van der Waals surface area (Å²) in [6.45, 7) is 5.61. The van der Waals surface area contributed by atoms with Crippen LogP contribution in [-0.2, 0) is 13.0 Å². The third kappa shape index (κ3) is 4.31. The monoisotopic (exact) mass is 428 g/mol. The fourth-order valence-corrected chi connectivity index (χ4v) is 4.46. The zero-order chi connectivity index (χ0) is 21.9. The molecular formula is C26H28N4O2. The third-order valence-corrected chi connectivity index (χ3v) is 6.46. The van der Waals surface area contributed by atoms with Crippen LogP contribution in [0.2, 0.25) is 0 Å². The van der Waals surface area contributed by atoms with Crippen molar-refractivity contribution in [2.24, 2.45) is 5.92 Å². The van der Waals surface area contributed by atoms with Crippen LogP contribution in [0.4, 0.5) is 5.82 Å². The fourth-order valence-electron chi connectivity index (χ4n) is 4.46. The van der Waals surface area contributed by atoms with Gasteiger partial charge in [0.1, 0.15) is 5.75 Å². The van der Waals surface area contributed by atoms with Crippen molar-refractivity contribution in [2.75, 3.05) is 24.5 Å². The summed E-state index contributed by atoms with van der Waals surface area (Å²) in [6.07, 6.45) is 6.55. The van der Waals surface area contributed by atoms with Gasteiger partial charge in [-0.2, -0.15) is 0 Å². The van der Waals surface area contributed by atoms with Crippen molar-refractivity contribution >= 4 is 11.7 Å². The summed E-state index contributed by atoms with van der Waals surface area (Å²) in [5, 5.41) is 0. The summed E-state index contributed by atoms with van der Waals surface area (Å²) in [5.74, 6) is 2.73. The van der Waals surface area contributed by atoms with Gasteiger partial charge in [0, 0.05) is 44.1 Å². The Bertz CT molecular complexity index is 1090. The van der Waals surface area contributed by atoms with Gasteiger partial charge in [0.15, 0.2) is 5.82 Å². The van der Waals surface area contributed by atoms with E-state index in [-0.39, 0.29) is 5.91 Å². The summed E-state index contributed by atoms with van der Waals surface area (Å²) < 4.78 is 6.08. The normalized spacial score (nSPS) is 16.5. The van der Waals surface area contributed by atoms with Crippen molar-refractivity contribution in [1.29, 1.82) is 0 Å². The first-order valence-corrected chi connectivity index (χ1v) is 11.4. The third-order valence-electron chi connectivity index (χ3n) is 6.46. The van der Waals surface area contributed by atoms with E-state index in [1.54, 1.807) is 12.4 Å². The number of piperidine rings is 1. The summed E-state index contributed by atoms with van der Waals surface area (Å²) in [5.41, 5.74) is 3.23. The van der Waals surface area contributed by atoms with E-state index >= 15 is 0 Å².